The normalized spacial score (nSPS) is 35.5. The number of rotatable bonds is 1. The van der Waals surface area contributed by atoms with E-state index in [-0.39, 0.29) is 11.2 Å². The number of likely N-dealkylation sites (tertiary alicyclic amines) is 1. The van der Waals surface area contributed by atoms with Crippen LogP contribution in [0.5, 0.6) is 0 Å². The molecule has 0 N–H and O–H groups in total. The predicted molar refractivity (Wildman–Crippen MR) is 62.6 cm³/mol. The van der Waals surface area contributed by atoms with Crippen LogP contribution in [-0.4, -0.2) is 28.6 Å². The van der Waals surface area contributed by atoms with Crippen molar-refractivity contribution in [2.45, 2.75) is 45.4 Å². The topological polar surface area (TPSA) is 20.3 Å². The quantitative estimate of drug-likeness (QED) is 0.665. The van der Waals surface area contributed by atoms with Crippen molar-refractivity contribution in [3.63, 3.8) is 0 Å². The molecule has 0 radical (unpaired) electrons. The Labute approximate surface area is 92.5 Å². The molecule has 1 saturated heterocycles. The molecule has 3 heteroatoms. The average Bonchev–Trinajstić information content (AvgIpc) is 2.09. The summed E-state index contributed by atoms with van der Waals surface area (Å²) in [7, 11) is 0. The highest BCUT2D eigenvalue weighted by Crippen LogP contribution is 2.27. The van der Waals surface area contributed by atoms with E-state index in [0.29, 0.717) is 17.9 Å². The van der Waals surface area contributed by atoms with Crippen molar-refractivity contribution in [2.24, 2.45) is 11.8 Å². The minimum atomic E-state index is -0.171. The minimum absolute atomic E-state index is 0.171. The first-order chi connectivity index (χ1) is 6.43. The molecule has 0 aliphatic carbocycles. The van der Waals surface area contributed by atoms with E-state index in [1.54, 1.807) is 0 Å². The predicted octanol–water partition coefficient (Wildman–Crippen LogP) is 2.20. The van der Waals surface area contributed by atoms with Crippen molar-refractivity contribution < 1.29 is 4.79 Å². The van der Waals surface area contributed by atoms with Crippen LogP contribution in [0.1, 0.15) is 34.1 Å². The standard InChI is InChI=1S/C11H21NOS/c1-7-5-8(2)9(3)12(6-7)11(13)10(4)14/h7-10,14H,5-6H2,1-4H3. The van der Waals surface area contributed by atoms with E-state index in [0.717, 1.165) is 6.54 Å². The number of hydrogen-bond acceptors (Lipinski definition) is 2. The fraction of sp³-hybridized carbons (Fsp3) is 0.909. The Bertz CT molecular complexity index is 217. The van der Waals surface area contributed by atoms with E-state index in [1.807, 2.05) is 11.8 Å². The first-order valence-corrected chi connectivity index (χ1v) is 5.93. The van der Waals surface area contributed by atoms with Gasteiger partial charge in [0.15, 0.2) is 0 Å². The third-order valence-corrected chi connectivity index (χ3v) is 3.46. The summed E-state index contributed by atoms with van der Waals surface area (Å²) in [6.07, 6.45) is 1.23. The largest absolute Gasteiger partial charge is 0.339 e. The highest BCUT2D eigenvalue weighted by atomic mass is 32.1. The number of piperidine rings is 1. The third-order valence-electron chi connectivity index (χ3n) is 3.24. The highest BCUT2D eigenvalue weighted by Gasteiger charge is 2.32. The summed E-state index contributed by atoms with van der Waals surface area (Å²) in [6.45, 7) is 9.33. The Kier molecular flexibility index (Phi) is 3.87. The SMILES string of the molecule is CC1CC(C)C(C)N(C(=O)C(C)S)C1. The summed E-state index contributed by atoms with van der Waals surface area (Å²) in [5.41, 5.74) is 0. The fourth-order valence-corrected chi connectivity index (χ4v) is 2.39. The zero-order valence-corrected chi connectivity index (χ0v) is 10.4. The zero-order valence-electron chi connectivity index (χ0n) is 9.53. The monoisotopic (exact) mass is 215 g/mol. The average molecular weight is 215 g/mol. The van der Waals surface area contributed by atoms with Gasteiger partial charge in [-0.15, -0.1) is 0 Å². The summed E-state index contributed by atoms with van der Waals surface area (Å²) in [5.74, 6) is 1.41. The molecule has 1 amide bonds. The van der Waals surface area contributed by atoms with Crippen molar-refractivity contribution in [3.05, 3.63) is 0 Å². The summed E-state index contributed by atoms with van der Waals surface area (Å²) in [6, 6.07) is 0.369. The maximum Gasteiger partial charge on any atom is 0.235 e. The van der Waals surface area contributed by atoms with Gasteiger partial charge in [-0.1, -0.05) is 13.8 Å². The number of nitrogens with zero attached hydrogens (tertiary/aromatic N) is 1. The van der Waals surface area contributed by atoms with Gasteiger partial charge in [-0.2, -0.15) is 12.6 Å². The highest BCUT2D eigenvalue weighted by molar-refractivity contribution is 7.81. The lowest BCUT2D eigenvalue weighted by atomic mass is 9.86. The Morgan fingerprint density at radius 1 is 1.43 bits per heavy atom. The molecule has 1 fully saturated rings. The van der Waals surface area contributed by atoms with E-state index >= 15 is 0 Å². The molecule has 4 atom stereocenters. The number of hydrogen-bond donors (Lipinski definition) is 1. The molecule has 1 rings (SSSR count). The molecule has 2 nitrogen and oxygen atoms in total. The summed E-state index contributed by atoms with van der Waals surface area (Å²) in [5, 5.41) is -0.171. The van der Waals surface area contributed by atoms with Crippen LogP contribution < -0.4 is 0 Å². The molecule has 14 heavy (non-hydrogen) atoms. The number of thiol groups is 1. The molecule has 4 unspecified atom stereocenters. The molecular formula is C11H21NOS. The van der Waals surface area contributed by atoms with Gasteiger partial charge in [0.25, 0.3) is 0 Å². The molecule has 0 bridgehead atoms. The van der Waals surface area contributed by atoms with Crippen LogP contribution in [0.3, 0.4) is 0 Å². The molecule has 0 aromatic heterocycles. The summed E-state index contributed by atoms with van der Waals surface area (Å²) < 4.78 is 0. The molecular weight excluding hydrogens is 194 g/mol. The van der Waals surface area contributed by atoms with Crippen molar-refractivity contribution in [1.82, 2.24) is 4.90 Å². The number of carbonyl (C=O) groups is 1. The van der Waals surface area contributed by atoms with Crippen LogP contribution in [0.4, 0.5) is 0 Å². The van der Waals surface area contributed by atoms with Gasteiger partial charge >= 0.3 is 0 Å². The molecule has 1 heterocycles. The lowest BCUT2D eigenvalue weighted by Crippen LogP contribution is -2.50. The summed E-state index contributed by atoms with van der Waals surface area (Å²) >= 11 is 4.21. The van der Waals surface area contributed by atoms with E-state index in [9.17, 15) is 4.79 Å². The van der Waals surface area contributed by atoms with Crippen LogP contribution in [0.2, 0.25) is 0 Å². The molecule has 0 aromatic rings. The van der Waals surface area contributed by atoms with Gasteiger partial charge in [0.1, 0.15) is 0 Å². The second-order valence-corrected chi connectivity index (χ2v) is 5.50. The minimum Gasteiger partial charge on any atom is -0.339 e. The molecule has 0 saturated carbocycles. The van der Waals surface area contributed by atoms with Gasteiger partial charge in [-0.3, -0.25) is 4.79 Å². The first-order valence-electron chi connectivity index (χ1n) is 5.42. The van der Waals surface area contributed by atoms with Crippen LogP contribution >= 0.6 is 12.6 Å². The van der Waals surface area contributed by atoms with E-state index in [4.69, 9.17) is 0 Å². The van der Waals surface area contributed by atoms with Crippen LogP contribution in [0, 0.1) is 11.8 Å². The smallest absolute Gasteiger partial charge is 0.235 e. The van der Waals surface area contributed by atoms with E-state index in [2.05, 4.69) is 33.4 Å². The van der Waals surface area contributed by atoms with Gasteiger partial charge in [-0.25, -0.2) is 0 Å². The van der Waals surface area contributed by atoms with Gasteiger partial charge in [0.05, 0.1) is 5.25 Å². The van der Waals surface area contributed by atoms with Crippen molar-refractivity contribution >= 4 is 18.5 Å². The summed E-state index contributed by atoms with van der Waals surface area (Å²) in [4.78, 5) is 13.8. The van der Waals surface area contributed by atoms with Crippen LogP contribution in [0.15, 0.2) is 0 Å². The molecule has 1 aliphatic heterocycles. The Morgan fingerprint density at radius 2 is 2.00 bits per heavy atom. The second kappa shape index (κ2) is 4.56. The molecule has 1 aliphatic rings. The maximum absolute atomic E-state index is 11.8. The Hall–Kier alpha value is -0.180. The molecule has 82 valence electrons. The van der Waals surface area contributed by atoms with Gasteiger partial charge in [-0.05, 0) is 32.1 Å². The van der Waals surface area contributed by atoms with E-state index in [1.165, 1.54) is 6.42 Å². The maximum atomic E-state index is 11.8. The van der Waals surface area contributed by atoms with Crippen LogP contribution in [-0.2, 0) is 4.79 Å². The lowest BCUT2D eigenvalue weighted by Gasteiger charge is -2.41. The number of amides is 1. The first kappa shape index (κ1) is 11.9. The molecule has 0 aromatic carbocycles. The Balaban J connectivity index is 2.71. The second-order valence-electron chi connectivity index (χ2n) is 4.73. The van der Waals surface area contributed by atoms with Crippen LogP contribution in [0.25, 0.3) is 0 Å². The lowest BCUT2D eigenvalue weighted by molar-refractivity contribution is -0.136. The Morgan fingerprint density at radius 3 is 2.50 bits per heavy atom. The number of carbonyl (C=O) groups excluding carboxylic acids is 1. The van der Waals surface area contributed by atoms with E-state index < -0.39 is 0 Å². The fourth-order valence-electron chi connectivity index (χ4n) is 2.25. The van der Waals surface area contributed by atoms with Crippen molar-refractivity contribution in [1.29, 1.82) is 0 Å². The van der Waals surface area contributed by atoms with Crippen molar-refractivity contribution in [3.8, 4) is 0 Å². The van der Waals surface area contributed by atoms with Gasteiger partial charge < -0.3 is 4.90 Å². The zero-order chi connectivity index (χ0) is 10.9. The molecule has 0 spiro atoms. The van der Waals surface area contributed by atoms with Gasteiger partial charge in [0, 0.05) is 12.6 Å². The third kappa shape index (κ3) is 2.44. The van der Waals surface area contributed by atoms with Gasteiger partial charge in [0.2, 0.25) is 5.91 Å². The van der Waals surface area contributed by atoms with Crippen molar-refractivity contribution in [2.75, 3.05) is 6.54 Å².